The van der Waals surface area contributed by atoms with Crippen molar-refractivity contribution in [3.8, 4) is 0 Å². The molecule has 2 aromatic carbocycles. The Hall–Kier alpha value is -3.32. The first-order valence-corrected chi connectivity index (χ1v) is 10.5. The summed E-state index contributed by atoms with van der Waals surface area (Å²) in [5, 5.41) is 3.92. The van der Waals surface area contributed by atoms with E-state index in [9.17, 15) is 9.59 Å². The van der Waals surface area contributed by atoms with Gasteiger partial charge < -0.3 is 24.8 Å². The van der Waals surface area contributed by atoms with Crippen molar-refractivity contribution in [2.75, 3.05) is 50.1 Å². The maximum absolute atomic E-state index is 12.7. The van der Waals surface area contributed by atoms with Crippen LogP contribution in [-0.2, 0) is 20.7 Å². The molecule has 162 valence electrons. The molecule has 3 aromatic rings. The number of hydrogen-bond donors (Lipinski definition) is 2. The van der Waals surface area contributed by atoms with Crippen molar-refractivity contribution in [3.05, 3.63) is 59.8 Å². The van der Waals surface area contributed by atoms with Crippen LogP contribution in [0, 0.1) is 6.92 Å². The zero-order valence-electron chi connectivity index (χ0n) is 18.0. The maximum atomic E-state index is 12.7. The molecule has 7 heteroatoms. The normalized spacial score (nSPS) is 13.9. The maximum Gasteiger partial charge on any atom is 0.243 e. The minimum Gasteiger partial charge on any atom is -0.378 e. The summed E-state index contributed by atoms with van der Waals surface area (Å²) in [6.07, 6.45) is 0.258. The topological polar surface area (TPSA) is 77.7 Å². The molecule has 7 nitrogen and oxygen atoms in total. The molecule has 2 N–H and O–H groups in total. The second-order valence-corrected chi connectivity index (χ2v) is 7.90. The Bertz CT molecular complexity index is 1070. The molecular formula is C24H28N4O3. The third kappa shape index (κ3) is 4.88. The van der Waals surface area contributed by atoms with Crippen LogP contribution in [-0.4, -0.2) is 61.6 Å². The average Bonchev–Trinajstić information content (AvgIpc) is 3.09. The third-order valence-corrected chi connectivity index (χ3v) is 5.69. The van der Waals surface area contributed by atoms with Gasteiger partial charge in [-0.05, 0) is 42.8 Å². The van der Waals surface area contributed by atoms with Gasteiger partial charge in [0.1, 0.15) is 0 Å². The largest absolute Gasteiger partial charge is 0.378 e. The summed E-state index contributed by atoms with van der Waals surface area (Å²) >= 11 is 0. The number of benzene rings is 2. The van der Waals surface area contributed by atoms with E-state index in [0.717, 1.165) is 59.8 Å². The molecule has 1 aliphatic rings. The van der Waals surface area contributed by atoms with Gasteiger partial charge in [-0.15, -0.1) is 0 Å². The van der Waals surface area contributed by atoms with Gasteiger partial charge in [0, 0.05) is 48.1 Å². The summed E-state index contributed by atoms with van der Waals surface area (Å²) in [7, 11) is 1.66. The number of nitrogens with zero attached hydrogens (tertiary/aromatic N) is 2. The monoisotopic (exact) mass is 420 g/mol. The van der Waals surface area contributed by atoms with Crippen molar-refractivity contribution >= 4 is 34.1 Å². The van der Waals surface area contributed by atoms with Crippen molar-refractivity contribution in [2.24, 2.45) is 0 Å². The van der Waals surface area contributed by atoms with Gasteiger partial charge in [0.2, 0.25) is 11.8 Å². The highest BCUT2D eigenvalue weighted by molar-refractivity contribution is 5.96. The highest BCUT2D eigenvalue weighted by Gasteiger charge is 2.18. The van der Waals surface area contributed by atoms with E-state index >= 15 is 0 Å². The zero-order valence-corrected chi connectivity index (χ0v) is 18.0. The first kappa shape index (κ1) is 20.9. The number of para-hydroxylation sites is 1. The van der Waals surface area contributed by atoms with Gasteiger partial charge in [-0.2, -0.15) is 0 Å². The summed E-state index contributed by atoms with van der Waals surface area (Å²) in [6.45, 7) is 5.18. The number of morpholine rings is 1. The van der Waals surface area contributed by atoms with Crippen LogP contribution in [0.3, 0.4) is 0 Å². The van der Waals surface area contributed by atoms with Crippen molar-refractivity contribution in [1.29, 1.82) is 0 Å². The van der Waals surface area contributed by atoms with Crippen LogP contribution in [0.1, 0.15) is 11.3 Å². The predicted molar refractivity (Wildman–Crippen MR) is 122 cm³/mol. The SMILES string of the molecule is Cc1[nH]c2ccccc2c1CC(=O)N(C)CC(=O)Nc1ccc(N2CCOCC2)cc1. The molecule has 1 aromatic heterocycles. The van der Waals surface area contributed by atoms with E-state index < -0.39 is 0 Å². The van der Waals surface area contributed by atoms with Gasteiger partial charge in [0.25, 0.3) is 0 Å². The van der Waals surface area contributed by atoms with Crippen LogP contribution >= 0.6 is 0 Å². The average molecular weight is 421 g/mol. The lowest BCUT2D eigenvalue weighted by atomic mass is 10.1. The number of aromatic amines is 1. The number of carbonyl (C=O) groups is 2. The lowest BCUT2D eigenvalue weighted by Crippen LogP contribution is -2.36. The van der Waals surface area contributed by atoms with E-state index in [0.29, 0.717) is 0 Å². The van der Waals surface area contributed by atoms with Crippen molar-refractivity contribution in [3.63, 3.8) is 0 Å². The summed E-state index contributed by atoms with van der Waals surface area (Å²) in [5.74, 6) is -0.309. The van der Waals surface area contributed by atoms with E-state index in [1.165, 1.54) is 4.90 Å². The molecule has 0 unspecified atom stereocenters. The van der Waals surface area contributed by atoms with Crippen molar-refractivity contribution in [2.45, 2.75) is 13.3 Å². The second-order valence-electron chi connectivity index (χ2n) is 7.90. The molecule has 0 spiro atoms. The molecule has 0 radical (unpaired) electrons. The third-order valence-electron chi connectivity index (χ3n) is 5.69. The highest BCUT2D eigenvalue weighted by atomic mass is 16.5. The van der Waals surface area contributed by atoms with Crippen molar-refractivity contribution in [1.82, 2.24) is 9.88 Å². The molecule has 2 amide bonds. The van der Waals surface area contributed by atoms with Gasteiger partial charge in [-0.25, -0.2) is 0 Å². The Morgan fingerprint density at radius 1 is 1.10 bits per heavy atom. The van der Waals surface area contributed by atoms with E-state index in [4.69, 9.17) is 4.74 Å². The standard InChI is InChI=1S/C24H28N4O3/c1-17-21(20-5-3-4-6-22(20)25-17)15-24(30)27(2)16-23(29)26-18-7-9-19(10-8-18)28-11-13-31-14-12-28/h3-10,25H,11-16H2,1-2H3,(H,26,29). The summed E-state index contributed by atoms with van der Waals surface area (Å²) in [5.41, 5.74) is 4.81. The van der Waals surface area contributed by atoms with Crippen LogP contribution < -0.4 is 10.2 Å². The van der Waals surface area contributed by atoms with Gasteiger partial charge in [0.15, 0.2) is 0 Å². The molecule has 4 rings (SSSR count). The van der Waals surface area contributed by atoms with Gasteiger partial charge >= 0.3 is 0 Å². The number of amides is 2. The lowest BCUT2D eigenvalue weighted by molar-refractivity contribution is -0.132. The number of aryl methyl sites for hydroxylation is 1. The zero-order chi connectivity index (χ0) is 21.8. The van der Waals surface area contributed by atoms with Crippen LogP contribution in [0.25, 0.3) is 10.9 Å². The molecule has 31 heavy (non-hydrogen) atoms. The number of H-pyrrole nitrogens is 1. The number of carbonyl (C=O) groups excluding carboxylic acids is 2. The number of ether oxygens (including phenoxy) is 1. The smallest absolute Gasteiger partial charge is 0.243 e. The van der Waals surface area contributed by atoms with Gasteiger partial charge in [-0.1, -0.05) is 18.2 Å². The van der Waals surface area contributed by atoms with Crippen LogP contribution in [0.5, 0.6) is 0 Å². The van der Waals surface area contributed by atoms with E-state index in [-0.39, 0.29) is 24.8 Å². The van der Waals surface area contributed by atoms with Crippen LogP contribution in [0.2, 0.25) is 0 Å². The fraction of sp³-hybridized carbons (Fsp3) is 0.333. The highest BCUT2D eigenvalue weighted by Crippen LogP contribution is 2.23. The molecule has 1 saturated heterocycles. The molecule has 1 fully saturated rings. The molecule has 1 aliphatic heterocycles. The van der Waals surface area contributed by atoms with E-state index in [2.05, 4.69) is 15.2 Å². The lowest BCUT2D eigenvalue weighted by Gasteiger charge is -2.28. The Balaban J connectivity index is 1.32. The Morgan fingerprint density at radius 3 is 2.55 bits per heavy atom. The number of likely N-dealkylation sites (N-methyl/N-ethyl adjacent to an activating group) is 1. The number of nitrogens with one attached hydrogen (secondary N) is 2. The number of fused-ring (bicyclic) bond motifs is 1. The molecule has 2 heterocycles. The minimum atomic E-state index is -0.217. The first-order chi connectivity index (χ1) is 15.0. The number of aromatic nitrogens is 1. The summed E-state index contributed by atoms with van der Waals surface area (Å²) < 4.78 is 5.38. The quantitative estimate of drug-likeness (QED) is 0.643. The number of hydrogen-bond acceptors (Lipinski definition) is 4. The van der Waals surface area contributed by atoms with E-state index in [1.54, 1.807) is 7.05 Å². The van der Waals surface area contributed by atoms with Gasteiger partial charge in [0.05, 0.1) is 26.2 Å². The van der Waals surface area contributed by atoms with Gasteiger partial charge in [-0.3, -0.25) is 9.59 Å². The second kappa shape index (κ2) is 9.22. The Kier molecular flexibility index (Phi) is 6.23. The molecule has 0 saturated carbocycles. The summed E-state index contributed by atoms with van der Waals surface area (Å²) in [6, 6.07) is 15.7. The molecule has 0 aliphatic carbocycles. The number of anilines is 2. The number of rotatable bonds is 6. The van der Waals surface area contributed by atoms with Crippen molar-refractivity contribution < 1.29 is 14.3 Å². The Morgan fingerprint density at radius 2 is 1.81 bits per heavy atom. The molecule has 0 atom stereocenters. The van der Waals surface area contributed by atoms with E-state index in [1.807, 2.05) is 55.5 Å². The molecule has 0 bridgehead atoms. The fourth-order valence-electron chi connectivity index (χ4n) is 3.93. The predicted octanol–water partition coefficient (Wildman–Crippen LogP) is 2.95. The summed E-state index contributed by atoms with van der Waals surface area (Å²) in [4.78, 5) is 32.2. The van der Waals surface area contributed by atoms with Crippen LogP contribution in [0.15, 0.2) is 48.5 Å². The Labute approximate surface area is 182 Å². The van der Waals surface area contributed by atoms with Crippen LogP contribution in [0.4, 0.5) is 11.4 Å². The first-order valence-electron chi connectivity index (χ1n) is 10.5. The molecular weight excluding hydrogens is 392 g/mol. The minimum absolute atomic E-state index is 0.00541. The fourth-order valence-corrected chi connectivity index (χ4v) is 3.93.